The third-order valence-electron chi connectivity index (χ3n) is 2.76. The molecule has 1 aliphatic rings. The molecule has 0 N–H and O–H groups in total. The summed E-state index contributed by atoms with van der Waals surface area (Å²) in [4.78, 5) is 4.79. The molecule has 1 rings (SSSR count). The predicted molar refractivity (Wildman–Crippen MR) is 59.6 cm³/mol. The quantitative estimate of drug-likeness (QED) is 0.602. The third kappa shape index (κ3) is 5.12. The highest BCUT2D eigenvalue weighted by atomic mass is 16.5. The van der Waals surface area contributed by atoms with Crippen LogP contribution < -0.4 is 0 Å². The SMILES string of the molecule is CCOCCN1CCN(CCC#N)CC1. The van der Waals surface area contributed by atoms with Gasteiger partial charge in [-0.2, -0.15) is 5.26 Å². The highest BCUT2D eigenvalue weighted by Gasteiger charge is 2.15. The van der Waals surface area contributed by atoms with E-state index in [9.17, 15) is 0 Å². The molecule has 0 aromatic carbocycles. The smallest absolute Gasteiger partial charge is 0.0635 e. The fourth-order valence-electron chi connectivity index (χ4n) is 1.78. The zero-order valence-corrected chi connectivity index (χ0v) is 9.61. The van der Waals surface area contributed by atoms with Crippen molar-refractivity contribution in [2.24, 2.45) is 0 Å². The molecule has 1 fully saturated rings. The number of nitrogens with zero attached hydrogens (tertiary/aromatic N) is 3. The molecule has 86 valence electrons. The highest BCUT2D eigenvalue weighted by Crippen LogP contribution is 2.01. The Labute approximate surface area is 92.4 Å². The van der Waals surface area contributed by atoms with Gasteiger partial charge in [0.1, 0.15) is 0 Å². The molecule has 15 heavy (non-hydrogen) atoms. The van der Waals surface area contributed by atoms with Gasteiger partial charge in [-0.15, -0.1) is 0 Å². The van der Waals surface area contributed by atoms with Gasteiger partial charge in [-0.25, -0.2) is 0 Å². The Morgan fingerprint density at radius 1 is 1.13 bits per heavy atom. The van der Waals surface area contributed by atoms with Gasteiger partial charge in [-0.05, 0) is 6.92 Å². The van der Waals surface area contributed by atoms with Gasteiger partial charge in [0.2, 0.25) is 0 Å². The molecule has 0 aromatic rings. The Morgan fingerprint density at radius 2 is 1.73 bits per heavy atom. The van der Waals surface area contributed by atoms with Crippen LogP contribution >= 0.6 is 0 Å². The molecule has 0 radical (unpaired) electrons. The van der Waals surface area contributed by atoms with Gasteiger partial charge in [-0.3, -0.25) is 9.80 Å². The molecule has 4 heteroatoms. The van der Waals surface area contributed by atoms with Crippen LogP contribution in [0.2, 0.25) is 0 Å². The van der Waals surface area contributed by atoms with Crippen molar-refractivity contribution in [2.75, 3.05) is 52.5 Å². The maximum Gasteiger partial charge on any atom is 0.0635 e. The number of rotatable bonds is 6. The summed E-state index contributed by atoms with van der Waals surface area (Å²) in [7, 11) is 0. The van der Waals surface area contributed by atoms with E-state index >= 15 is 0 Å². The maximum absolute atomic E-state index is 8.49. The van der Waals surface area contributed by atoms with Gasteiger partial charge in [0, 0.05) is 52.3 Å². The fraction of sp³-hybridized carbons (Fsp3) is 0.909. The summed E-state index contributed by atoms with van der Waals surface area (Å²) >= 11 is 0. The van der Waals surface area contributed by atoms with E-state index < -0.39 is 0 Å². The normalized spacial score (nSPS) is 18.9. The number of nitriles is 1. The number of hydrogen-bond acceptors (Lipinski definition) is 4. The second kappa shape index (κ2) is 7.63. The molecule has 1 heterocycles. The number of piperazine rings is 1. The zero-order chi connectivity index (χ0) is 10.9. The summed E-state index contributed by atoms with van der Waals surface area (Å²) in [6.45, 7) is 10.0. The van der Waals surface area contributed by atoms with Crippen molar-refractivity contribution in [1.82, 2.24) is 9.80 Å². The standard InChI is InChI=1S/C11H21N3O/c1-2-15-11-10-14-8-6-13(7-9-14)5-3-4-12/h2-3,5-11H2,1H3. The Bertz CT molecular complexity index is 194. The van der Waals surface area contributed by atoms with Crippen molar-refractivity contribution >= 4 is 0 Å². The highest BCUT2D eigenvalue weighted by molar-refractivity contribution is 4.76. The van der Waals surface area contributed by atoms with Gasteiger partial charge in [0.15, 0.2) is 0 Å². The lowest BCUT2D eigenvalue weighted by Crippen LogP contribution is -2.47. The Hall–Kier alpha value is -0.630. The van der Waals surface area contributed by atoms with Gasteiger partial charge in [0.05, 0.1) is 12.7 Å². The lowest BCUT2D eigenvalue weighted by Gasteiger charge is -2.34. The Kier molecular flexibility index (Phi) is 6.33. The molecule has 0 amide bonds. The van der Waals surface area contributed by atoms with Crippen molar-refractivity contribution in [3.63, 3.8) is 0 Å². The molecular formula is C11H21N3O. The largest absolute Gasteiger partial charge is 0.380 e. The molecule has 0 bridgehead atoms. The maximum atomic E-state index is 8.49. The van der Waals surface area contributed by atoms with E-state index in [0.717, 1.165) is 52.5 Å². The average molecular weight is 211 g/mol. The first-order valence-corrected chi connectivity index (χ1v) is 5.76. The van der Waals surface area contributed by atoms with Crippen LogP contribution in [0, 0.1) is 11.3 Å². The van der Waals surface area contributed by atoms with Crippen molar-refractivity contribution in [3.05, 3.63) is 0 Å². The van der Waals surface area contributed by atoms with Crippen LogP contribution in [0.5, 0.6) is 0 Å². The van der Waals surface area contributed by atoms with E-state index in [0.29, 0.717) is 6.42 Å². The molecule has 1 saturated heterocycles. The van der Waals surface area contributed by atoms with E-state index in [4.69, 9.17) is 10.00 Å². The minimum absolute atomic E-state index is 0.652. The summed E-state index contributed by atoms with van der Waals surface area (Å²) in [5, 5.41) is 8.49. The van der Waals surface area contributed by atoms with Crippen LogP contribution in [0.25, 0.3) is 0 Å². The second-order valence-electron chi connectivity index (χ2n) is 3.79. The predicted octanol–water partition coefficient (Wildman–Crippen LogP) is 0.554. The molecule has 0 aliphatic carbocycles. The van der Waals surface area contributed by atoms with E-state index in [1.807, 2.05) is 6.92 Å². The van der Waals surface area contributed by atoms with Crippen LogP contribution in [-0.2, 0) is 4.74 Å². The molecule has 1 aliphatic heterocycles. The average Bonchev–Trinajstić information content (AvgIpc) is 2.28. The summed E-state index contributed by atoms with van der Waals surface area (Å²) in [6.07, 6.45) is 0.652. The minimum Gasteiger partial charge on any atom is -0.380 e. The van der Waals surface area contributed by atoms with Crippen LogP contribution in [0.4, 0.5) is 0 Å². The number of ether oxygens (including phenoxy) is 1. The van der Waals surface area contributed by atoms with E-state index in [-0.39, 0.29) is 0 Å². The third-order valence-corrected chi connectivity index (χ3v) is 2.76. The molecular weight excluding hydrogens is 190 g/mol. The first-order valence-electron chi connectivity index (χ1n) is 5.76. The zero-order valence-electron chi connectivity index (χ0n) is 9.61. The Morgan fingerprint density at radius 3 is 2.27 bits per heavy atom. The molecule has 4 nitrogen and oxygen atoms in total. The monoisotopic (exact) mass is 211 g/mol. The van der Waals surface area contributed by atoms with Gasteiger partial charge in [-0.1, -0.05) is 0 Å². The van der Waals surface area contributed by atoms with Crippen molar-refractivity contribution in [1.29, 1.82) is 5.26 Å². The van der Waals surface area contributed by atoms with E-state index in [1.165, 1.54) is 0 Å². The molecule has 0 atom stereocenters. The van der Waals surface area contributed by atoms with Crippen LogP contribution in [0.3, 0.4) is 0 Å². The molecule has 0 saturated carbocycles. The first kappa shape index (κ1) is 12.4. The van der Waals surface area contributed by atoms with Gasteiger partial charge in [0.25, 0.3) is 0 Å². The molecule has 0 spiro atoms. The number of hydrogen-bond donors (Lipinski definition) is 0. The van der Waals surface area contributed by atoms with Crippen LogP contribution in [-0.4, -0.2) is 62.3 Å². The summed E-state index contributed by atoms with van der Waals surface area (Å²) in [6, 6.07) is 2.19. The van der Waals surface area contributed by atoms with Crippen LogP contribution in [0.1, 0.15) is 13.3 Å². The van der Waals surface area contributed by atoms with E-state index in [1.54, 1.807) is 0 Å². The Balaban J connectivity index is 2.05. The summed E-state index contributed by atoms with van der Waals surface area (Å²) in [5.74, 6) is 0. The molecule has 0 unspecified atom stereocenters. The minimum atomic E-state index is 0.652. The first-order chi connectivity index (χ1) is 7.36. The lowest BCUT2D eigenvalue weighted by molar-refractivity contribution is 0.0816. The summed E-state index contributed by atoms with van der Waals surface area (Å²) < 4.78 is 5.33. The summed E-state index contributed by atoms with van der Waals surface area (Å²) in [5.41, 5.74) is 0. The second-order valence-corrected chi connectivity index (χ2v) is 3.79. The van der Waals surface area contributed by atoms with Crippen molar-refractivity contribution < 1.29 is 4.74 Å². The topological polar surface area (TPSA) is 39.5 Å². The fourth-order valence-corrected chi connectivity index (χ4v) is 1.78. The van der Waals surface area contributed by atoms with Gasteiger partial charge < -0.3 is 4.74 Å². The van der Waals surface area contributed by atoms with Crippen molar-refractivity contribution in [2.45, 2.75) is 13.3 Å². The van der Waals surface area contributed by atoms with Crippen LogP contribution in [0.15, 0.2) is 0 Å². The van der Waals surface area contributed by atoms with Crippen molar-refractivity contribution in [3.8, 4) is 6.07 Å². The lowest BCUT2D eigenvalue weighted by atomic mass is 10.3. The van der Waals surface area contributed by atoms with E-state index in [2.05, 4.69) is 15.9 Å². The van der Waals surface area contributed by atoms with Gasteiger partial charge >= 0.3 is 0 Å². The molecule has 0 aromatic heterocycles.